The minimum Gasteiger partial charge on any atom is -0.331 e. The smallest absolute Gasteiger partial charge is 0.331 e. The molecule has 116 valence electrons. The van der Waals surface area contributed by atoms with Crippen LogP contribution < -0.4 is 5.32 Å². The van der Waals surface area contributed by atoms with Crippen molar-refractivity contribution in [3.8, 4) is 0 Å². The lowest BCUT2D eigenvalue weighted by Gasteiger charge is -2.28. The van der Waals surface area contributed by atoms with Crippen LogP contribution in [-0.2, 0) is 14.6 Å². The number of amides is 1. The number of carbonyl (C=O) groups is 1. The Bertz CT molecular complexity index is 474. The van der Waals surface area contributed by atoms with E-state index in [-0.39, 0.29) is 30.5 Å². The van der Waals surface area contributed by atoms with Gasteiger partial charge in [0.25, 0.3) is 0 Å². The fourth-order valence-corrected chi connectivity index (χ4v) is 3.77. The molecule has 1 atom stereocenters. The van der Waals surface area contributed by atoms with Crippen LogP contribution in [0.2, 0.25) is 0 Å². The molecule has 0 radical (unpaired) electrons. The van der Waals surface area contributed by atoms with Gasteiger partial charge in [-0.2, -0.15) is 13.2 Å². The number of hydrogen-bond donors (Lipinski definition) is 1. The summed E-state index contributed by atoms with van der Waals surface area (Å²) in [6.45, 7) is -1.01. The molecule has 2 aliphatic rings. The first kappa shape index (κ1) is 15.6. The number of carbonyl (C=O) groups excluding carboxylic acids is 1. The van der Waals surface area contributed by atoms with Crippen LogP contribution in [0.5, 0.6) is 0 Å². The van der Waals surface area contributed by atoms with Gasteiger partial charge in [-0.05, 0) is 12.8 Å². The highest BCUT2D eigenvalue weighted by atomic mass is 32.2. The summed E-state index contributed by atoms with van der Waals surface area (Å²) in [7, 11) is -3.20. The second kappa shape index (κ2) is 5.51. The highest BCUT2D eigenvalue weighted by molar-refractivity contribution is 7.91. The lowest BCUT2D eigenvalue weighted by Crippen LogP contribution is -2.49. The molecule has 0 aromatic carbocycles. The second-order valence-corrected chi connectivity index (χ2v) is 7.57. The molecular weight excluding hydrogens is 297 g/mol. The van der Waals surface area contributed by atoms with Crippen molar-refractivity contribution in [2.45, 2.75) is 37.5 Å². The Hall–Kier alpha value is -0.830. The molecule has 0 bridgehead atoms. The van der Waals surface area contributed by atoms with Crippen molar-refractivity contribution in [2.24, 2.45) is 0 Å². The molecule has 9 heteroatoms. The molecule has 1 unspecified atom stereocenters. The average molecular weight is 314 g/mol. The van der Waals surface area contributed by atoms with Crippen molar-refractivity contribution < 1.29 is 26.4 Å². The second-order valence-electron chi connectivity index (χ2n) is 5.34. The molecule has 1 saturated heterocycles. The van der Waals surface area contributed by atoms with E-state index in [4.69, 9.17) is 0 Å². The number of nitrogens with zero attached hydrogens (tertiary/aromatic N) is 1. The molecule has 0 spiro atoms. The van der Waals surface area contributed by atoms with Gasteiger partial charge >= 0.3 is 6.18 Å². The number of alkyl halides is 3. The highest BCUT2D eigenvalue weighted by Crippen LogP contribution is 2.30. The Morgan fingerprint density at radius 2 is 1.95 bits per heavy atom. The quantitative estimate of drug-likeness (QED) is 0.811. The summed E-state index contributed by atoms with van der Waals surface area (Å²) in [5.41, 5.74) is 0. The molecule has 1 N–H and O–H groups in total. The summed E-state index contributed by atoms with van der Waals surface area (Å²) in [6.07, 6.45) is -3.47. The summed E-state index contributed by atoms with van der Waals surface area (Å²) < 4.78 is 60.2. The Kier molecular flexibility index (Phi) is 4.29. The van der Waals surface area contributed by atoms with Crippen LogP contribution in [0.1, 0.15) is 19.3 Å². The van der Waals surface area contributed by atoms with E-state index >= 15 is 0 Å². The molecule has 0 aromatic rings. The first-order valence-corrected chi connectivity index (χ1v) is 8.28. The third kappa shape index (κ3) is 4.62. The third-order valence-electron chi connectivity index (χ3n) is 3.38. The molecule has 2 fully saturated rings. The summed E-state index contributed by atoms with van der Waals surface area (Å²) in [5.74, 6) is -0.810. The van der Waals surface area contributed by atoms with Gasteiger partial charge in [0.05, 0.1) is 11.5 Å². The summed E-state index contributed by atoms with van der Waals surface area (Å²) in [4.78, 5) is 12.8. The van der Waals surface area contributed by atoms with Crippen LogP contribution in [0.25, 0.3) is 0 Å². The largest absolute Gasteiger partial charge is 0.406 e. The van der Waals surface area contributed by atoms with E-state index in [9.17, 15) is 26.4 Å². The number of sulfone groups is 1. The van der Waals surface area contributed by atoms with Gasteiger partial charge in [0.1, 0.15) is 6.54 Å². The predicted octanol–water partition coefficient (Wildman–Crippen LogP) is 0.316. The highest BCUT2D eigenvalue weighted by Gasteiger charge is 2.41. The maximum absolute atomic E-state index is 12.5. The van der Waals surface area contributed by atoms with Gasteiger partial charge in [-0.1, -0.05) is 0 Å². The Morgan fingerprint density at radius 3 is 2.45 bits per heavy atom. The van der Waals surface area contributed by atoms with E-state index in [0.717, 1.165) is 4.90 Å². The van der Waals surface area contributed by atoms with E-state index in [0.29, 0.717) is 12.8 Å². The Balaban J connectivity index is 1.95. The molecule has 1 amide bonds. The van der Waals surface area contributed by atoms with Gasteiger partial charge in [-0.15, -0.1) is 0 Å². The normalized spacial score (nSPS) is 26.2. The van der Waals surface area contributed by atoms with Crippen molar-refractivity contribution in [3.63, 3.8) is 0 Å². The lowest BCUT2D eigenvalue weighted by atomic mass is 10.2. The molecule has 20 heavy (non-hydrogen) atoms. The minimum atomic E-state index is -4.43. The Morgan fingerprint density at radius 1 is 1.30 bits per heavy atom. The number of rotatable bonds is 4. The van der Waals surface area contributed by atoms with Crippen molar-refractivity contribution in [3.05, 3.63) is 0 Å². The monoisotopic (exact) mass is 314 g/mol. The molecule has 5 nitrogen and oxygen atoms in total. The van der Waals surface area contributed by atoms with Crippen LogP contribution in [0.3, 0.4) is 0 Å². The zero-order chi connectivity index (χ0) is 15.0. The lowest BCUT2D eigenvalue weighted by molar-refractivity contribution is -0.162. The molecule has 2 rings (SSSR count). The zero-order valence-corrected chi connectivity index (χ0v) is 11.6. The first-order chi connectivity index (χ1) is 9.16. The average Bonchev–Trinajstić information content (AvgIpc) is 3.06. The van der Waals surface area contributed by atoms with E-state index in [1.807, 2.05) is 0 Å². The van der Waals surface area contributed by atoms with Crippen molar-refractivity contribution in [1.82, 2.24) is 10.2 Å². The molecule has 1 aliphatic heterocycles. The fraction of sp³-hybridized carbons (Fsp3) is 0.909. The van der Waals surface area contributed by atoms with Gasteiger partial charge < -0.3 is 10.2 Å². The van der Waals surface area contributed by atoms with E-state index in [1.54, 1.807) is 0 Å². The predicted molar refractivity (Wildman–Crippen MR) is 65.9 cm³/mol. The van der Waals surface area contributed by atoms with Crippen molar-refractivity contribution in [2.75, 3.05) is 24.6 Å². The van der Waals surface area contributed by atoms with Crippen LogP contribution in [0, 0.1) is 0 Å². The molecule has 1 aliphatic carbocycles. The van der Waals surface area contributed by atoms with E-state index in [1.165, 1.54) is 0 Å². The van der Waals surface area contributed by atoms with Crippen LogP contribution in [0.4, 0.5) is 13.2 Å². The molecular formula is C11H17F3N2O3S. The maximum Gasteiger partial charge on any atom is 0.406 e. The first-order valence-electron chi connectivity index (χ1n) is 6.46. The minimum absolute atomic E-state index is 0.00653. The van der Waals surface area contributed by atoms with Crippen molar-refractivity contribution in [1.29, 1.82) is 0 Å². The van der Waals surface area contributed by atoms with E-state index < -0.39 is 34.5 Å². The van der Waals surface area contributed by atoms with Gasteiger partial charge in [0, 0.05) is 25.0 Å². The standard InChI is InChI=1S/C11H17F3N2O3S/c12-11(13,14)7-16(9-1-2-9)10(17)5-8-6-20(18,19)4-3-15-8/h8-9,15H,1-7H2. The number of halogens is 3. The number of hydrogen-bond acceptors (Lipinski definition) is 4. The van der Waals surface area contributed by atoms with E-state index in [2.05, 4.69) is 5.32 Å². The summed E-state index contributed by atoms with van der Waals surface area (Å²) in [6, 6.07) is -0.931. The molecule has 0 aromatic heterocycles. The van der Waals surface area contributed by atoms with Gasteiger partial charge in [-0.25, -0.2) is 8.42 Å². The summed E-state index contributed by atoms with van der Waals surface area (Å²) >= 11 is 0. The fourth-order valence-electron chi connectivity index (χ4n) is 2.33. The number of nitrogens with one attached hydrogen (secondary N) is 1. The third-order valence-corrected chi connectivity index (χ3v) is 5.12. The summed E-state index contributed by atoms with van der Waals surface area (Å²) in [5, 5.41) is 2.87. The topological polar surface area (TPSA) is 66.5 Å². The zero-order valence-electron chi connectivity index (χ0n) is 10.8. The van der Waals surface area contributed by atoms with Gasteiger partial charge in [0.2, 0.25) is 5.91 Å². The van der Waals surface area contributed by atoms with Gasteiger partial charge in [-0.3, -0.25) is 4.79 Å². The van der Waals surface area contributed by atoms with Crippen LogP contribution >= 0.6 is 0 Å². The Labute approximate surface area is 115 Å². The molecule has 1 heterocycles. The SMILES string of the molecule is O=C(CC1CS(=O)(=O)CCN1)N(CC(F)(F)F)C1CC1. The maximum atomic E-state index is 12.5. The van der Waals surface area contributed by atoms with Crippen LogP contribution in [0.15, 0.2) is 0 Å². The van der Waals surface area contributed by atoms with Gasteiger partial charge in [0.15, 0.2) is 9.84 Å². The molecule has 1 saturated carbocycles. The van der Waals surface area contributed by atoms with Crippen LogP contribution in [-0.4, -0.2) is 62.1 Å². The van der Waals surface area contributed by atoms with Crippen molar-refractivity contribution >= 4 is 15.7 Å².